The highest BCUT2D eigenvalue weighted by atomic mass is 19.1. The number of rotatable bonds is 5. The van der Waals surface area contributed by atoms with Gasteiger partial charge in [0.15, 0.2) is 0 Å². The Balaban J connectivity index is 1.75. The lowest BCUT2D eigenvalue weighted by atomic mass is 9.94. The van der Waals surface area contributed by atoms with E-state index in [9.17, 15) is 9.18 Å². The summed E-state index contributed by atoms with van der Waals surface area (Å²) >= 11 is 0. The summed E-state index contributed by atoms with van der Waals surface area (Å²) in [6.45, 7) is 5.78. The molecule has 0 fully saturated rings. The first-order valence-corrected chi connectivity index (χ1v) is 8.53. The van der Waals surface area contributed by atoms with Gasteiger partial charge in [0.2, 0.25) is 0 Å². The maximum Gasteiger partial charge on any atom is 0.255 e. The van der Waals surface area contributed by atoms with Crippen molar-refractivity contribution >= 4 is 5.91 Å². The quantitative estimate of drug-likeness (QED) is 0.753. The molecule has 0 radical (unpaired) electrons. The molecule has 134 valence electrons. The minimum absolute atomic E-state index is 0.170. The number of nitrogens with one attached hydrogen (secondary N) is 1. The second-order valence-electron chi connectivity index (χ2n) is 7.03. The molecule has 0 aliphatic heterocycles. The van der Waals surface area contributed by atoms with Crippen LogP contribution in [0, 0.1) is 12.7 Å². The fraction of sp³-hybridized carbons (Fsp3) is 0.238. The molecule has 0 aliphatic rings. The van der Waals surface area contributed by atoms with E-state index in [0.717, 1.165) is 16.9 Å². The number of halogens is 1. The molecule has 0 spiro atoms. The number of benzene rings is 2. The van der Waals surface area contributed by atoms with E-state index in [1.54, 1.807) is 23.0 Å². The van der Waals surface area contributed by atoms with Crippen molar-refractivity contribution in [2.24, 2.45) is 0 Å². The van der Waals surface area contributed by atoms with Crippen LogP contribution in [-0.2, 0) is 6.42 Å². The number of amides is 1. The SMILES string of the molecule is Cc1c(C(=O)NC(C)(C)Cc2ccc(F)cc2)cnn1-c1ccccc1. The van der Waals surface area contributed by atoms with Crippen LogP contribution < -0.4 is 5.32 Å². The maximum atomic E-state index is 13.1. The Labute approximate surface area is 152 Å². The number of para-hydroxylation sites is 1. The molecule has 0 unspecified atom stereocenters. The summed E-state index contributed by atoms with van der Waals surface area (Å²) in [5.74, 6) is -0.434. The van der Waals surface area contributed by atoms with E-state index in [4.69, 9.17) is 0 Å². The van der Waals surface area contributed by atoms with Crippen molar-refractivity contribution in [1.82, 2.24) is 15.1 Å². The topological polar surface area (TPSA) is 46.9 Å². The Kier molecular flexibility index (Phi) is 4.89. The number of carbonyl (C=O) groups is 1. The second-order valence-corrected chi connectivity index (χ2v) is 7.03. The van der Waals surface area contributed by atoms with Gasteiger partial charge in [-0.25, -0.2) is 9.07 Å². The molecule has 1 aromatic heterocycles. The lowest BCUT2D eigenvalue weighted by Crippen LogP contribution is -2.45. The van der Waals surface area contributed by atoms with Gasteiger partial charge >= 0.3 is 0 Å². The minimum atomic E-state index is -0.476. The monoisotopic (exact) mass is 351 g/mol. The van der Waals surface area contributed by atoms with Crippen LogP contribution in [0.15, 0.2) is 60.8 Å². The predicted molar refractivity (Wildman–Crippen MR) is 100.0 cm³/mol. The van der Waals surface area contributed by atoms with Crippen LogP contribution >= 0.6 is 0 Å². The molecule has 4 nitrogen and oxygen atoms in total. The van der Waals surface area contributed by atoms with Gasteiger partial charge in [0, 0.05) is 5.54 Å². The fourth-order valence-corrected chi connectivity index (χ4v) is 2.99. The molecular formula is C21H22FN3O. The number of hydrogen-bond donors (Lipinski definition) is 1. The predicted octanol–water partition coefficient (Wildman–Crippen LogP) is 4.07. The third-order valence-corrected chi connectivity index (χ3v) is 4.27. The average molecular weight is 351 g/mol. The van der Waals surface area contributed by atoms with E-state index in [1.807, 2.05) is 51.1 Å². The van der Waals surface area contributed by atoms with E-state index in [2.05, 4.69) is 10.4 Å². The van der Waals surface area contributed by atoms with Crippen molar-refractivity contribution in [1.29, 1.82) is 0 Å². The smallest absolute Gasteiger partial charge is 0.255 e. The Morgan fingerprint density at radius 2 is 1.77 bits per heavy atom. The molecule has 0 atom stereocenters. The van der Waals surface area contributed by atoms with Gasteiger partial charge < -0.3 is 5.32 Å². The van der Waals surface area contributed by atoms with Crippen molar-refractivity contribution < 1.29 is 9.18 Å². The van der Waals surface area contributed by atoms with E-state index in [-0.39, 0.29) is 11.7 Å². The highest BCUT2D eigenvalue weighted by Crippen LogP contribution is 2.17. The Bertz CT molecular complexity index is 899. The van der Waals surface area contributed by atoms with Crippen LogP contribution in [0.1, 0.15) is 35.5 Å². The van der Waals surface area contributed by atoms with Gasteiger partial charge in [-0.1, -0.05) is 30.3 Å². The summed E-state index contributed by atoms with van der Waals surface area (Å²) in [5.41, 5.74) is 2.73. The summed E-state index contributed by atoms with van der Waals surface area (Å²) in [7, 11) is 0. The summed E-state index contributed by atoms with van der Waals surface area (Å²) < 4.78 is 14.8. The van der Waals surface area contributed by atoms with Crippen LogP contribution in [-0.4, -0.2) is 21.2 Å². The molecule has 1 heterocycles. The first-order valence-electron chi connectivity index (χ1n) is 8.53. The summed E-state index contributed by atoms with van der Waals surface area (Å²) in [6.07, 6.45) is 2.19. The van der Waals surface area contributed by atoms with Crippen molar-refractivity contribution in [2.45, 2.75) is 32.7 Å². The third kappa shape index (κ3) is 3.99. The number of carbonyl (C=O) groups excluding carboxylic acids is 1. The molecule has 3 rings (SSSR count). The normalized spacial score (nSPS) is 11.4. The largest absolute Gasteiger partial charge is 0.347 e. The standard InChI is InChI=1S/C21H22FN3O/c1-15-19(14-23-25(15)18-7-5-4-6-8-18)20(26)24-21(2,3)13-16-9-11-17(22)12-10-16/h4-12,14H,13H2,1-3H3,(H,24,26). The number of aromatic nitrogens is 2. The fourth-order valence-electron chi connectivity index (χ4n) is 2.99. The highest BCUT2D eigenvalue weighted by molar-refractivity contribution is 5.95. The van der Waals surface area contributed by atoms with Gasteiger partial charge in [0.05, 0.1) is 23.1 Å². The molecule has 0 bridgehead atoms. The van der Waals surface area contributed by atoms with Crippen molar-refractivity contribution in [3.63, 3.8) is 0 Å². The zero-order valence-corrected chi connectivity index (χ0v) is 15.2. The zero-order chi connectivity index (χ0) is 18.7. The molecule has 0 saturated heterocycles. The Hall–Kier alpha value is -2.95. The number of hydrogen-bond acceptors (Lipinski definition) is 2. The Morgan fingerprint density at radius 1 is 1.12 bits per heavy atom. The molecular weight excluding hydrogens is 329 g/mol. The van der Waals surface area contributed by atoms with Crippen LogP contribution in [0.2, 0.25) is 0 Å². The molecule has 1 N–H and O–H groups in total. The molecule has 26 heavy (non-hydrogen) atoms. The molecule has 1 amide bonds. The van der Waals surface area contributed by atoms with E-state index in [0.29, 0.717) is 12.0 Å². The van der Waals surface area contributed by atoms with Gasteiger partial charge in [-0.2, -0.15) is 5.10 Å². The lowest BCUT2D eigenvalue weighted by molar-refractivity contribution is 0.0912. The molecule has 2 aromatic carbocycles. The van der Waals surface area contributed by atoms with Gasteiger partial charge in [0.25, 0.3) is 5.91 Å². The maximum absolute atomic E-state index is 13.1. The lowest BCUT2D eigenvalue weighted by Gasteiger charge is -2.26. The third-order valence-electron chi connectivity index (χ3n) is 4.27. The highest BCUT2D eigenvalue weighted by Gasteiger charge is 2.24. The van der Waals surface area contributed by atoms with Crippen molar-refractivity contribution in [3.05, 3.63) is 83.4 Å². The van der Waals surface area contributed by atoms with Crippen LogP contribution in [0.5, 0.6) is 0 Å². The van der Waals surface area contributed by atoms with Gasteiger partial charge in [0.1, 0.15) is 5.82 Å². The van der Waals surface area contributed by atoms with E-state index in [1.165, 1.54) is 12.1 Å². The first-order chi connectivity index (χ1) is 12.4. The van der Waals surface area contributed by atoms with E-state index >= 15 is 0 Å². The summed E-state index contributed by atoms with van der Waals surface area (Å²) in [4.78, 5) is 12.7. The first kappa shape index (κ1) is 17.9. The van der Waals surface area contributed by atoms with Crippen molar-refractivity contribution in [3.8, 4) is 5.69 Å². The van der Waals surface area contributed by atoms with Crippen LogP contribution in [0.3, 0.4) is 0 Å². The molecule has 0 saturated carbocycles. The number of nitrogens with zero attached hydrogens (tertiary/aromatic N) is 2. The average Bonchev–Trinajstić information content (AvgIpc) is 2.99. The molecule has 5 heteroatoms. The van der Waals surface area contributed by atoms with Gasteiger partial charge in [-0.05, 0) is 57.0 Å². The van der Waals surface area contributed by atoms with Crippen LogP contribution in [0.25, 0.3) is 5.69 Å². The zero-order valence-electron chi connectivity index (χ0n) is 15.2. The van der Waals surface area contributed by atoms with Crippen LogP contribution in [0.4, 0.5) is 4.39 Å². The Morgan fingerprint density at radius 3 is 2.42 bits per heavy atom. The van der Waals surface area contributed by atoms with Gasteiger partial charge in [-0.15, -0.1) is 0 Å². The van der Waals surface area contributed by atoms with Gasteiger partial charge in [-0.3, -0.25) is 4.79 Å². The minimum Gasteiger partial charge on any atom is -0.347 e. The van der Waals surface area contributed by atoms with E-state index < -0.39 is 5.54 Å². The second kappa shape index (κ2) is 7.12. The summed E-state index contributed by atoms with van der Waals surface area (Å²) in [6, 6.07) is 16.0. The molecule has 0 aliphatic carbocycles. The molecule has 3 aromatic rings. The summed E-state index contributed by atoms with van der Waals surface area (Å²) in [5, 5.41) is 7.40. The van der Waals surface area contributed by atoms with Crippen molar-refractivity contribution in [2.75, 3.05) is 0 Å².